The molecule has 3 nitrogen and oxygen atoms in total. The maximum atomic E-state index is 12.8. The molecular weight excluding hydrogens is 247 g/mol. The summed E-state index contributed by atoms with van der Waals surface area (Å²) in [5.41, 5.74) is 4.67. The van der Waals surface area contributed by atoms with Gasteiger partial charge in [-0.3, -0.25) is 0 Å². The van der Waals surface area contributed by atoms with Gasteiger partial charge >= 0.3 is 6.18 Å². The summed E-state index contributed by atoms with van der Waals surface area (Å²) in [6, 6.07) is 0. The molecule has 1 saturated carbocycles. The minimum atomic E-state index is -4.20. The van der Waals surface area contributed by atoms with Gasteiger partial charge in [0, 0.05) is 6.54 Å². The number of aliphatic hydroxyl groups excluding tert-OH is 1. The second-order valence-electron chi connectivity index (χ2n) is 5.29. The quantitative estimate of drug-likeness (QED) is 0.822. The maximum Gasteiger partial charge on any atom is 0.391 e. The second-order valence-corrected chi connectivity index (χ2v) is 5.29. The Morgan fingerprint density at radius 2 is 2.06 bits per heavy atom. The molecule has 18 heavy (non-hydrogen) atoms. The van der Waals surface area contributed by atoms with Crippen molar-refractivity contribution in [3.05, 3.63) is 0 Å². The molecule has 0 aromatic carbocycles. The summed E-state index contributed by atoms with van der Waals surface area (Å²) in [5, 5.41) is 9.40. The fraction of sp³-hybridized carbons (Fsp3) is 1.00. The third-order valence-electron chi connectivity index (χ3n) is 3.75. The van der Waals surface area contributed by atoms with Gasteiger partial charge in [0.05, 0.1) is 23.7 Å². The molecule has 0 saturated heterocycles. The van der Waals surface area contributed by atoms with Crippen molar-refractivity contribution in [2.75, 3.05) is 6.54 Å². The largest absolute Gasteiger partial charge is 0.391 e. The molecular formula is C12H22F3NO2. The molecule has 3 N–H and O–H groups in total. The summed E-state index contributed by atoms with van der Waals surface area (Å²) < 4.78 is 44.0. The fourth-order valence-corrected chi connectivity index (χ4v) is 2.44. The highest BCUT2D eigenvalue weighted by atomic mass is 19.4. The second kappa shape index (κ2) is 5.75. The van der Waals surface area contributed by atoms with E-state index in [2.05, 4.69) is 0 Å². The first-order valence-electron chi connectivity index (χ1n) is 6.33. The highest BCUT2D eigenvalue weighted by Crippen LogP contribution is 2.43. The van der Waals surface area contributed by atoms with Crippen LogP contribution in [-0.4, -0.2) is 35.6 Å². The number of hydrogen-bond donors (Lipinski definition) is 2. The lowest BCUT2D eigenvalue weighted by Crippen LogP contribution is -2.50. The highest BCUT2D eigenvalue weighted by molar-refractivity contribution is 4.92. The van der Waals surface area contributed by atoms with Gasteiger partial charge in [0.25, 0.3) is 0 Å². The van der Waals surface area contributed by atoms with Gasteiger partial charge in [0.2, 0.25) is 0 Å². The van der Waals surface area contributed by atoms with Crippen molar-refractivity contribution in [1.82, 2.24) is 0 Å². The normalized spacial score (nSPS) is 33.2. The van der Waals surface area contributed by atoms with Gasteiger partial charge in [-0.1, -0.05) is 0 Å². The first-order chi connectivity index (χ1) is 8.20. The van der Waals surface area contributed by atoms with E-state index in [0.717, 1.165) is 0 Å². The van der Waals surface area contributed by atoms with Crippen molar-refractivity contribution in [1.29, 1.82) is 0 Å². The predicted molar refractivity (Wildman–Crippen MR) is 62.0 cm³/mol. The number of ether oxygens (including phenoxy) is 1. The summed E-state index contributed by atoms with van der Waals surface area (Å²) >= 11 is 0. The van der Waals surface area contributed by atoms with Crippen molar-refractivity contribution in [2.24, 2.45) is 11.7 Å². The number of alkyl halides is 3. The summed E-state index contributed by atoms with van der Waals surface area (Å²) in [6.07, 6.45) is -4.43. The van der Waals surface area contributed by atoms with Crippen molar-refractivity contribution >= 4 is 0 Å². The lowest BCUT2D eigenvalue weighted by molar-refractivity contribution is -0.216. The van der Waals surface area contributed by atoms with Crippen LogP contribution in [0.25, 0.3) is 0 Å². The van der Waals surface area contributed by atoms with Crippen LogP contribution in [0.1, 0.15) is 39.5 Å². The van der Waals surface area contributed by atoms with E-state index < -0.39 is 29.9 Å². The Hall–Kier alpha value is -0.330. The Labute approximate surface area is 105 Å². The van der Waals surface area contributed by atoms with E-state index >= 15 is 0 Å². The number of nitrogens with two attached hydrogens (primary N) is 1. The van der Waals surface area contributed by atoms with Crippen molar-refractivity contribution in [3.8, 4) is 0 Å². The van der Waals surface area contributed by atoms with E-state index in [9.17, 15) is 18.3 Å². The molecule has 4 unspecified atom stereocenters. The van der Waals surface area contributed by atoms with Crippen LogP contribution in [0.4, 0.5) is 13.2 Å². The molecule has 108 valence electrons. The van der Waals surface area contributed by atoms with E-state index in [1.807, 2.05) is 0 Å². The van der Waals surface area contributed by atoms with Gasteiger partial charge in [0.15, 0.2) is 0 Å². The SMILES string of the molecule is CC(O)C(C)OC1(CN)CCCC(C(F)(F)F)C1. The van der Waals surface area contributed by atoms with E-state index in [4.69, 9.17) is 10.5 Å². The average molecular weight is 269 g/mol. The lowest BCUT2D eigenvalue weighted by atomic mass is 9.77. The van der Waals surface area contributed by atoms with E-state index in [1.54, 1.807) is 13.8 Å². The zero-order chi connectivity index (χ0) is 14.0. The molecule has 0 heterocycles. The Kier molecular flexibility index (Phi) is 5.03. The van der Waals surface area contributed by atoms with Gasteiger partial charge in [-0.05, 0) is 39.5 Å². The molecule has 0 radical (unpaired) electrons. The van der Waals surface area contributed by atoms with Crippen molar-refractivity contribution < 1.29 is 23.0 Å². The van der Waals surface area contributed by atoms with E-state index in [0.29, 0.717) is 12.8 Å². The standard InChI is InChI=1S/C12H22F3NO2/c1-8(17)9(2)18-11(7-16)5-3-4-10(6-11)12(13,14)15/h8-10,17H,3-7,16H2,1-2H3. The minimum absolute atomic E-state index is 0.0522. The van der Waals surface area contributed by atoms with Crippen molar-refractivity contribution in [2.45, 2.75) is 63.5 Å². The van der Waals surface area contributed by atoms with Crippen LogP contribution < -0.4 is 5.73 Å². The molecule has 0 spiro atoms. The maximum absolute atomic E-state index is 12.8. The third kappa shape index (κ3) is 3.83. The zero-order valence-corrected chi connectivity index (χ0v) is 10.8. The Morgan fingerprint density at radius 1 is 1.44 bits per heavy atom. The molecule has 0 aliphatic heterocycles. The molecule has 4 atom stereocenters. The number of halogens is 3. The molecule has 0 amide bonds. The van der Waals surface area contributed by atoms with Crippen LogP contribution in [0.3, 0.4) is 0 Å². The summed E-state index contributed by atoms with van der Waals surface area (Å²) in [4.78, 5) is 0. The van der Waals surface area contributed by atoms with E-state index in [-0.39, 0.29) is 19.4 Å². The number of rotatable bonds is 4. The summed E-state index contributed by atoms with van der Waals surface area (Å²) in [7, 11) is 0. The van der Waals surface area contributed by atoms with Gasteiger partial charge < -0.3 is 15.6 Å². The Bertz CT molecular complexity index is 271. The van der Waals surface area contributed by atoms with Crippen LogP contribution in [-0.2, 0) is 4.74 Å². The molecule has 0 bridgehead atoms. The van der Waals surface area contributed by atoms with Crippen LogP contribution in [0, 0.1) is 5.92 Å². The fourth-order valence-electron chi connectivity index (χ4n) is 2.44. The first kappa shape index (κ1) is 15.7. The molecule has 1 rings (SSSR count). The first-order valence-corrected chi connectivity index (χ1v) is 6.33. The van der Waals surface area contributed by atoms with Gasteiger partial charge in [-0.2, -0.15) is 13.2 Å². The van der Waals surface area contributed by atoms with Crippen LogP contribution in [0.5, 0.6) is 0 Å². The van der Waals surface area contributed by atoms with Crippen LogP contribution >= 0.6 is 0 Å². The van der Waals surface area contributed by atoms with Gasteiger partial charge in [-0.25, -0.2) is 0 Å². The summed E-state index contributed by atoms with van der Waals surface area (Å²) in [6.45, 7) is 3.26. The molecule has 6 heteroatoms. The highest BCUT2D eigenvalue weighted by Gasteiger charge is 2.48. The zero-order valence-electron chi connectivity index (χ0n) is 10.8. The van der Waals surface area contributed by atoms with Crippen LogP contribution in [0.15, 0.2) is 0 Å². The Morgan fingerprint density at radius 3 is 2.50 bits per heavy atom. The minimum Gasteiger partial charge on any atom is -0.391 e. The third-order valence-corrected chi connectivity index (χ3v) is 3.75. The molecule has 1 aliphatic carbocycles. The predicted octanol–water partition coefficient (Wildman–Crippen LogP) is 2.22. The topological polar surface area (TPSA) is 55.5 Å². The van der Waals surface area contributed by atoms with Crippen molar-refractivity contribution in [3.63, 3.8) is 0 Å². The number of aliphatic hydroxyl groups is 1. The average Bonchev–Trinajstić information content (AvgIpc) is 2.28. The van der Waals surface area contributed by atoms with Gasteiger partial charge in [0.1, 0.15) is 0 Å². The smallest absolute Gasteiger partial charge is 0.391 e. The molecule has 0 aromatic heterocycles. The molecule has 1 aliphatic rings. The monoisotopic (exact) mass is 269 g/mol. The molecule has 0 aromatic rings. The Balaban J connectivity index is 2.75. The summed E-state index contributed by atoms with van der Waals surface area (Å²) in [5.74, 6) is -1.35. The molecule has 1 fully saturated rings. The van der Waals surface area contributed by atoms with Gasteiger partial charge in [-0.15, -0.1) is 0 Å². The van der Waals surface area contributed by atoms with E-state index in [1.165, 1.54) is 0 Å². The number of hydrogen-bond acceptors (Lipinski definition) is 3. The lowest BCUT2D eigenvalue weighted by Gasteiger charge is -2.42. The van der Waals surface area contributed by atoms with Crippen LogP contribution in [0.2, 0.25) is 0 Å².